The summed E-state index contributed by atoms with van der Waals surface area (Å²) in [6.07, 6.45) is 0. The third-order valence-electron chi connectivity index (χ3n) is 3.60. The van der Waals surface area contributed by atoms with Gasteiger partial charge in [-0.05, 0) is 49.4 Å². The van der Waals surface area contributed by atoms with Gasteiger partial charge in [0.05, 0.1) is 16.0 Å². The molecular weight excluding hydrogens is 429 g/mol. The lowest BCUT2D eigenvalue weighted by Crippen LogP contribution is -2.23. The van der Waals surface area contributed by atoms with Gasteiger partial charge in [-0.3, -0.25) is 4.79 Å². The number of nitrogens with two attached hydrogens (primary N) is 1. The molecule has 0 aliphatic carbocycles. The maximum Gasteiger partial charge on any atom is 0.237 e. The van der Waals surface area contributed by atoms with E-state index in [0.717, 1.165) is 5.56 Å². The first-order valence-electron chi connectivity index (χ1n) is 7.74. The van der Waals surface area contributed by atoms with Gasteiger partial charge in [0.1, 0.15) is 0 Å². The number of nitrogens with one attached hydrogen (secondary N) is 1. The van der Waals surface area contributed by atoms with Crippen LogP contribution in [0, 0.1) is 0 Å². The van der Waals surface area contributed by atoms with Crippen molar-refractivity contribution in [1.82, 2.24) is 14.9 Å². The molecule has 1 atom stereocenters. The number of benzene rings is 2. The highest BCUT2D eigenvalue weighted by atomic mass is 35.5. The zero-order chi connectivity index (χ0) is 19.6. The summed E-state index contributed by atoms with van der Waals surface area (Å²) in [4.78, 5) is 12.5. The van der Waals surface area contributed by atoms with Crippen molar-refractivity contribution >= 4 is 58.2 Å². The minimum Gasteiger partial charge on any atom is -0.335 e. The normalized spacial score (nSPS) is 12.0. The van der Waals surface area contributed by atoms with Gasteiger partial charge in [-0.25, -0.2) is 4.68 Å². The summed E-state index contributed by atoms with van der Waals surface area (Å²) in [6, 6.07) is 11.9. The molecular formula is C17H14Cl3N5OS. The van der Waals surface area contributed by atoms with Crippen molar-refractivity contribution in [3.8, 4) is 11.4 Å². The van der Waals surface area contributed by atoms with Crippen molar-refractivity contribution in [2.24, 2.45) is 0 Å². The van der Waals surface area contributed by atoms with Crippen LogP contribution < -0.4 is 11.2 Å². The molecule has 0 aliphatic heterocycles. The molecule has 6 nitrogen and oxygen atoms in total. The number of anilines is 1. The SMILES string of the molecule is CC(Sc1nnc(-c2ccc(Cl)cc2)n1N)C(=O)Nc1cc(Cl)ccc1Cl. The van der Waals surface area contributed by atoms with Crippen LogP contribution in [0.4, 0.5) is 5.69 Å². The standard InChI is InChI=1S/C17H14Cl3N5OS/c1-9(16(26)22-14-8-12(19)6-7-13(14)20)27-17-24-23-15(25(17)21)10-2-4-11(18)5-3-10/h2-9H,21H2,1H3,(H,22,26). The van der Waals surface area contributed by atoms with E-state index < -0.39 is 5.25 Å². The van der Waals surface area contributed by atoms with Gasteiger partial charge in [-0.1, -0.05) is 46.6 Å². The highest BCUT2D eigenvalue weighted by Crippen LogP contribution is 2.28. The van der Waals surface area contributed by atoms with Gasteiger partial charge in [0, 0.05) is 15.6 Å². The first kappa shape index (κ1) is 19.8. The number of nitrogens with zero attached hydrogens (tertiary/aromatic N) is 3. The zero-order valence-electron chi connectivity index (χ0n) is 14.0. The van der Waals surface area contributed by atoms with Crippen LogP contribution in [-0.4, -0.2) is 26.0 Å². The van der Waals surface area contributed by atoms with Gasteiger partial charge in [-0.15, -0.1) is 10.2 Å². The molecule has 1 heterocycles. The summed E-state index contributed by atoms with van der Waals surface area (Å²) in [6.45, 7) is 1.73. The predicted octanol–water partition coefficient (Wildman–Crippen LogP) is 4.74. The Kier molecular flexibility index (Phi) is 6.16. The molecule has 0 aliphatic rings. The third kappa shape index (κ3) is 4.68. The summed E-state index contributed by atoms with van der Waals surface area (Å²) in [5.74, 6) is 6.29. The van der Waals surface area contributed by atoms with Crippen LogP contribution in [-0.2, 0) is 4.79 Å². The van der Waals surface area contributed by atoms with E-state index in [4.69, 9.17) is 40.6 Å². The largest absolute Gasteiger partial charge is 0.335 e. The molecule has 1 amide bonds. The van der Waals surface area contributed by atoms with Crippen molar-refractivity contribution < 1.29 is 4.79 Å². The Balaban J connectivity index is 1.72. The van der Waals surface area contributed by atoms with Crippen molar-refractivity contribution in [1.29, 1.82) is 0 Å². The number of rotatable bonds is 5. The van der Waals surface area contributed by atoms with E-state index >= 15 is 0 Å². The molecule has 0 spiro atoms. The average Bonchev–Trinajstić information content (AvgIpc) is 2.99. The molecule has 3 N–H and O–H groups in total. The number of hydrogen-bond acceptors (Lipinski definition) is 5. The summed E-state index contributed by atoms with van der Waals surface area (Å²) < 4.78 is 1.34. The fourth-order valence-electron chi connectivity index (χ4n) is 2.19. The van der Waals surface area contributed by atoms with Gasteiger partial charge in [0.25, 0.3) is 0 Å². The first-order chi connectivity index (χ1) is 12.8. The Morgan fingerprint density at radius 3 is 2.48 bits per heavy atom. The topological polar surface area (TPSA) is 85.8 Å². The lowest BCUT2D eigenvalue weighted by atomic mass is 10.2. The lowest BCUT2D eigenvalue weighted by Gasteiger charge is -2.12. The molecule has 1 unspecified atom stereocenters. The van der Waals surface area contributed by atoms with Gasteiger partial charge in [0.15, 0.2) is 5.82 Å². The summed E-state index contributed by atoms with van der Waals surface area (Å²) in [5.41, 5.74) is 1.21. The fourth-order valence-corrected chi connectivity index (χ4v) is 3.43. The maximum absolute atomic E-state index is 12.5. The second kappa shape index (κ2) is 8.39. The molecule has 3 aromatic rings. The smallest absolute Gasteiger partial charge is 0.237 e. The zero-order valence-corrected chi connectivity index (χ0v) is 17.1. The molecule has 0 fully saturated rings. The second-order valence-electron chi connectivity index (χ2n) is 5.56. The van der Waals surface area contributed by atoms with Crippen molar-refractivity contribution in [3.63, 3.8) is 0 Å². The second-order valence-corrected chi connectivity index (χ2v) is 8.14. The molecule has 140 valence electrons. The number of aromatic nitrogens is 3. The van der Waals surface area contributed by atoms with E-state index in [1.165, 1.54) is 16.4 Å². The third-order valence-corrected chi connectivity index (χ3v) is 5.48. The van der Waals surface area contributed by atoms with E-state index in [0.29, 0.717) is 31.7 Å². The van der Waals surface area contributed by atoms with Gasteiger partial charge >= 0.3 is 0 Å². The molecule has 1 aromatic heterocycles. The number of amides is 1. The maximum atomic E-state index is 12.5. The van der Waals surface area contributed by atoms with Crippen LogP contribution in [0.15, 0.2) is 47.6 Å². The first-order valence-corrected chi connectivity index (χ1v) is 9.75. The molecule has 0 radical (unpaired) electrons. The Labute approximate surface area is 175 Å². The van der Waals surface area contributed by atoms with Crippen LogP contribution in [0.2, 0.25) is 15.1 Å². The van der Waals surface area contributed by atoms with Crippen molar-refractivity contribution in [2.45, 2.75) is 17.3 Å². The predicted molar refractivity (Wildman–Crippen MR) is 111 cm³/mol. The molecule has 10 heteroatoms. The van der Waals surface area contributed by atoms with Crippen molar-refractivity contribution in [3.05, 3.63) is 57.5 Å². The Morgan fingerprint density at radius 1 is 1.11 bits per heavy atom. The van der Waals surface area contributed by atoms with E-state index in [1.807, 2.05) is 0 Å². The van der Waals surface area contributed by atoms with E-state index in [9.17, 15) is 4.79 Å². The minimum atomic E-state index is -0.496. The molecule has 27 heavy (non-hydrogen) atoms. The molecule has 0 bridgehead atoms. The Bertz CT molecular complexity index is 977. The average molecular weight is 443 g/mol. The molecule has 0 saturated carbocycles. The monoisotopic (exact) mass is 441 g/mol. The minimum absolute atomic E-state index is 0.264. The highest BCUT2D eigenvalue weighted by molar-refractivity contribution is 8.00. The number of halogens is 3. The van der Waals surface area contributed by atoms with Gasteiger partial charge in [0.2, 0.25) is 11.1 Å². The summed E-state index contributed by atoms with van der Waals surface area (Å²) >= 11 is 19.1. The molecule has 3 rings (SSSR count). The number of hydrogen-bond donors (Lipinski definition) is 2. The van der Waals surface area contributed by atoms with E-state index in [1.54, 1.807) is 49.4 Å². The summed E-state index contributed by atoms with van der Waals surface area (Å²) in [7, 11) is 0. The summed E-state index contributed by atoms with van der Waals surface area (Å²) in [5, 5.41) is 12.3. The Hall–Kier alpha value is -1.93. The van der Waals surface area contributed by atoms with Crippen LogP contribution in [0.1, 0.15) is 6.92 Å². The van der Waals surface area contributed by atoms with Crippen LogP contribution in [0.3, 0.4) is 0 Å². The van der Waals surface area contributed by atoms with E-state index in [-0.39, 0.29) is 5.91 Å². The van der Waals surface area contributed by atoms with Crippen molar-refractivity contribution in [2.75, 3.05) is 11.2 Å². The molecule has 2 aromatic carbocycles. The van der Waals surface area contributed by atoms with Crippen LogP contribution >= 0.6 is 46.6 Å². The molecule has 0 saturated heterocycles. The quantitative estimate of drug-likeness (QED) is 0.440. The van der Waals surface area contributed by atoms with Crippen LogP contribution in [0.5, 0.6) is 0 Å². The van der Waals surface area contributed by atoms with Gasteiger partial charge < -0.3 is 11.2 Å². The number of thioether (sulfide) groups is 1. The van der Waals surface area contributed by atoms with Crippen LogP contribution in [0.25, 0.3) is 11.4 Å². The fraction of sp³-hybridized carbons (Fsp3) is 0.118. The number of carbonyl (C=O) groups is 1. The highest BCUT2D eigenvalue weighted by Gasteiger charge is 2.20. The van der Waals surface area contributed by atoms with Gasteiger partial charge in [-0.2, -0.15) is 0 Å². The van der Waals surface area contributed by atoms with E-state index in [2.05, 4.69) is 15.5 Å². The number of nitrogen functional groups attached to an aromatic ring is 1. The number of carbonyl (C=O) groups excluding carboxylic acids is 1. The Morgan fingerprint density at radius 2 is 1.78 bits per heavy atom. The lowest BCUT2D eigenvalue weighted by molar-refractivity contribution is -0.115.